The largest absolute Gasteiger partial charge is 0.412 e. The van der Waals surface area contributed by atoms with E-state index in [0.717, 1.165) is 12.2 Å². The van der Waals surface area contributed by atoms with E-state index in [1.54, 1.807) is 0 Å². The van der Waals surface area contributed by atoms with Crippen molar-refractivity contribution in [3.63, 3.8) is 0 Å². The Labute approximate surface area is 57.6 Å². The van der Waals surface area contributed by atoms with E-state index < -0.39 is 0 Å². The lowest BCUT2D eigenvalue weighted by atomic mass is 11.7. The van der Waals surface area contributed by atoms with Gasteiger partial charge in [0.05, 0.1) is 0 Å². The normalized spacial score (nSPS) is 1.60. The van der Waals surface area contributed by atoms with Gasteiger partial charge in [0.25, 0.3) is 0 Å². The predicted molar refractivity (Wildman–Crippen MR) is 34.4 cm³/mol. The van der Waals surface area contributed by atoms with Gasteiger partial charge < -0.3 is 16.4 Å². The van der Waals surface area contributed by atoms with Crippen LogP contribution in [0.3, 0.4) is 0 Å². The van der Waals surface area contributed by atoms with Gasteiger partial charge in [-0.1, -0.05) is 7.43 Å². The molecule has 0 saturated carbocycles. The summed E-state index contributed by atoms with van der Waals surface area (Å²) in [5.41, 5.74) is 0. The van der Waals surface area contributed by atoms with Crippen molar-refractivity contribution in [2.24, 2.45) is 0 Å². The van der Waals surface area contributed by atoms with Crippen LogP contribution in [0.4, 0.5) is 0 Å². The molecule has 0 aliphatic heterocycles. The summed E-state index contributed by atoms with van der Waals surface area (Å²) in [6.45, 7) is 0. The maximum absolute atomic E-state index is 8.35. The molecule has 0 radical (unpaired) electrons. The third-order valence-electron chi connectivity index (χ3n) is 0. The van der Waals surface area contributed by atoms with Crippen molar-refractivity contribution in [1.82, 2.24) is 0 Å². The van der Waals surface area contributed by atoms with Gasteiger partial charge in [0.2, 0.25) is 12.2 Å². The lowest BCUT2D eigenvalue weighted by Crippen LogP contribution is -1.16. The van der Waals surface area contributed by atoms with Crippen molar-refractivity contribution in [1.29, 1.82) is 10.8 Å². The molecule has 0 unspecified atom stereocenters. The Bertz CT molecular complexity index is 68.9. The van der Waals surface area contributed by atoms with Gasteiger partial charge in [-0.05, 0) is 0 Å². The van der Waals surface area contributed by atoms with E-state index in [1.165, 1.54) is 0 Å². The zero-order valence-corrected chi connectivity index (χ0v) is 4.32. The first kappa shape index (κ1) is 72.4. The fraction of sp³-hybridized carbons (Fsp3) is 0.333. The van der Waals surface area contributed by atoms with E-state index in [1.807, 2.05) is 0 Å². The summed E-state index contributed by atoms with van der Waals surface area (Å²) in [7, 11) is 0. The van der Waals surface area contributed by atoms with Gasteiger partial charge in [-0.3, -0.25) is 0 Å². The molecule has 0 bridgehead atoms. The van der Waals surface area contributed by atoms with Crippen LogP contribution >= 0.6 is 0 Å². The lowest BCUT2D eigenvalue weighted by molar-refractivity contribution is 0.562. The van der Waals surface area contributed by atoms with Gasteiger partial charge in [0.15, 0.2) is 0 Å². The van der Waals surface area contributed by atoms with Crippen LogP contribution in [0.2, 0.25) is 0 Å². The molecule has 8 N–H and O–H groups in total. The Morgan fingerprint density at radius 2 is 0.800 bits per heavy atom. The molecule has 0 heterocycles. The molecule has 0 aliphatic rings. The lowest BCUT2D eigenvalue weighted by Gasteiger charge is -1.02. The van der Waals surface area contributed by atoms with Crippen LogP contribution in [0.1, 0.15) is 7.43 Å². The molecule has 0 rings (SSSR count). The summed E-state index contributed by atoms with van der Waals surface area (Å²) in [5, 5.41) is 10.8. The monoisotopic (exact) mass is 156 g/mol. The molecule has 64 valence electrons. The predicted octanol–water partition coefficient (Wildman–Crippen LogP) is -2.04. The highest BCUT2D eigenvalue weighted by atomic mass is 16.1. The summed E-state index contributed by atoms with van der Waals surface area (Å²) >= 11 is 0. The molecular formula is C3H12N2O5. The first-order chi connectivity index (χ1) is 2.83. The number of rotatable bonds is 0. The van der Waals surface area contributed by atoms with Gasteiger partial charge in [-0.2, -0.15) is 0 Å². The van der Waals surface area contributed by atoms with Crippen molar-refractivity contribution < 1.29 is 26.0 Å². The van der Waals surface area contributed by atoms with Crippen LogP contribution in [0.5, 0.6) is 0 Å². The van der Waals surface area contributed by atoms with Crippen LogP contribution in [-0.2, 0) is 9.59 Å². The van der Waals surface area contributed by atoms with Crippen LogP contribution in [0.15, 0.2) is 0 Å². The molecule has 0 amide bonds. The maximum atomic E-state index is 8.35. The average molecular weight is 156 g/mol. The van der Waals surface area contributed by atoms with Gasteiger partial charge in [0, 0.05) is 0 Å². The second kappa shape index (κ2) is 822. The Balaban J connectivity index is -0.00000000571. The number of isocyanates is 2. The van der Waals surface area contributed by atoms with E-state index in [0.29, 0.717) is 0 Å². The second-order valence-corrected chi connectivity index (χ2v) is 0.204. The van der Waals surface area contributed by atoms with Crippen LogP contribution in [0, 0.1) is 10.8 Å². The molecule has 0 fully saturated rings. The second-order valence-electron chi connectivity index (χ2n) is 0.204. The fourth-order valence-corrected chi connectivity index (χ4v) is 0. The van der Waals surface area contributed by atoms with Gasteiger partial charge >= 0.3 is 0 Å². The summed E-state index contributed by atoms with van der Waals surface area (Å²) < 4.78 is 0. The molecule has 0 aromatic carbocycles. The summed E-state index contributed by atoms with van der Waals surface area (Å²) in [4.78, 5) is 16.7. The molecule has 0 aliphatic carbocycles. The van der Waals surface area contributed by atoms with Gasteiger partial charge in [-0.15, -0.1) is 0 Å². The van der Waals surface area contributed by atoms with Crippen LogP contribution in [0.25, 0.3) is 0 Å². The number of carbonyl (C=O) groups excluding carboxylic acids is 2. The minimum absolute atomic E-state index is 0. The van der Waals surface area contributed by atoms with Crippen molar-refractivity contribution in [2.75, 3.05) is 0 Å². The quantitative estimate of drug-likeness (QED) is 0.303. The fourth-order valence-electron chi connectivity index (χ4n) is 0. The topological polar surface area (TPSA) is 176 Å². The number of nitrogens with one attached hydrogen (secondary N) is 2. The summed E-state index contributed by atoms with van der Waals surface area (Å²) in [6.07, 6.45) is 1.50. The molecule has 7 heteroatoms. The molecule has 0 atom stereocenters. The highest BCUT2D eigenvalue weighted by Gasteiger charge is 1.04. The number of hydrogen-bond acceptors (Lipinski definition) is 4. The molecule has 10 heavy (non-hydrogen) atoms. The minimum Gasteiger partial charge on any atom is -0.412 e. The van der Waals surface area contributed by atoms with Crippen LogP contribution < -0.4 is 0 Å². The average Bonchev–Trinajstić information content (AvgIpc) is 1.39. The molecule has 0 aromatic rings. The third-order valence-corrected chi connectivity index (χ3v) is 0. The first-order valence-electron chi connectivity index (χ1n) is 0.908. The Hall–Kier alpha value is -1.36. The molecular weight excluding hydrogens is 144 g/mol. The molecule has 0 spiro atoms. The zero-order chi connectivity index (χ0) is 5.41. The first-order valence-corrected chi connectivity index (χ1v) is 0.908. The maximum Gasteiger partial charge on any atom is 0.231 e. The van der Waals surface area contributed by atoms with Crippen molar-refractivity contribution >= 4 is 12.2 Å². The third kappa shape index (κ3) is 114. The van der Waals surface area contributed by atoms with E-state index in [-0.39, 0.29) is 23.9 Å². The highest BCUT2D eigenvalue weighted by Crippen LogP contribution is 0.871. The summed E-state index contributed by atoms with van der Waals surface area (Å²) in [6, 6.07) is 0. The molecule has 7 nitrogen and oxygen atoms in total. The summed E-state index contributed by atoms with van der Waals surface area (Å²) in [5.74, 6) is 0. The van der Waals surface area contributed by atoms with E-state index in [9.17, 15) is 0 Å². The van der Waals surface area contributed by atoms with Gasteiger partial charge in [-0.25, -0.2) is 20.4 Å². The molecule has 0 aromatic heterocycles. The molecule has 0 saturated heterocycles. The smallest absolute Gasteiger partial charge is 0.231 e. The van der Waals surface area contributed by atoms with E-state index in [4.69, 9.17) is 20.4 Å². The van der Waals surface area contributed by atoms with Crippen LogP contribution in [-0.4, -0.2) is 28.6 Å². The standard InChI is InChI=1S/2CHNO.CH4.3H2O/c2*2-1-3;;;;/h2*2H;1H4;3*1H2. The van der Waals surface area contributed by atoms with Gasteiger partial charge in [0.1, 0.15) is 0 Å². The Kier molecular flexibility index (Phi) is 5950. The Morgan fingerprint density at radius 1 is 0.800 bits per heavy atom. The van der Waals surface area contributed by atoms with Crippen molar-refractivity contribution in [2.45, 2.75) is 7.43 Å². The van der Waals surface area contributed by atoms with Crippen molar-refractivity contribution in [3.8, 4) is 0 Å². The highest BCUT2D eigenvalue weighted by molar-refractivity contribution is 5.26. The van der Waals surface area contributed by atoms with E-state index >= 15 is 0 Å². The Morgan fingerprint density at radius 3 is 0.800 bits per heavy atom. The van der Waals surface area contributed by atoms with E-state index in [2.05, 4.69) is 0 Å². The zero-order valence-electron chi connectivity index (χ0n) is 4.32. The van der Waals surface area contributed by atoms with Crippen molar-refractivity contribution in [3.05, 3.63) is 0 Å². The number of hydrogen-bond donors (Lipinski definition) is 2. The SMILES string of the molecule is C.N=C=O.N=C=O.O.O.O. The minimum atomic E-state index is 0.